The zero-order chi connectivity index (χ0) is 23.8. The number of para-hydroxylation sites is 1. The van der Waals surface area contributed by atoms with E-state index in [4.69, 9.17) is 19.2 Å². The predicted molar refractivity (Wildman–Crippen MR) is 133 cm³/mol. The van der Waals surface area contributed by atoms with Crippen molar-refractivity contribution < 1.29 is 19.0 Å². The van der Waals surface area contributed by atoms with E-state index in [9.17, 15) is 4.79 Å². The predicted octanol–water partition coefficient (Wildman–Crippen LogP) is 5.48. The fourth-order valence-electron chi connectivity index (χ4n) is 6.04. The van der Waals surface area contributed by atoms with Crippen LogP contribution in [0.3, 0.4) is 0 Å². The molecule has 6 heteroatoms. The molecule has 2 bridgehead atoms. The van der Waals surface area contributed by atoms with Gasteiger partial charge in [-0.25, -0.2) is 4.98 Å². The van der Waals surface area contributed by atoms with Gasteiger partial charge in [0.2, 0.25) is 5.75 Å². The van der Waals surface area contributed by atoms with Gasteiger partial charge in [0, 0.05) is 17.0 Å². The van der Waals surface area contributed by atoms with E-state index in [1.807, 2.05) is 42.5 Å². The molecule has 1 heterocycles. The zero-order valence-electron chi connectivity index (χ0n) is 20.3. The molecule has 3 aromatic rings. The first kappa shape index (κ1) is 22.5. The van der Waals surface area contributed by atoms with Crippen molar-refractivity contribution in [3.05, 3.63) is 48.0 Å². The number of benzene rings is 2. The summed E-state index contributed by atoms with van der Waals surface area (Å²) in [4.78, 5) is 18.4. The number of ether oxygens (including phenoxy) is 3. The van der Waals surface area contributed by atoms with Gasteiger partial charge in [-0.3, -0.25) is 4.79 Å². The summed E-state index contributed by atoms with van der Waals surface area (Å²) < 4.78 is 16.5. The van der Waals surface area contributed by atoms with Crippen LogP contribution in [0.15, 0.2) is 42.5 Å². The van der Waals surface area contributed by atoms with Crippen LogP contribution in [0.25, 0.3) is 22.2 Å². The third kappa shape index (κ3) is 3.95. The van der Waals surface area contributed by atoms with Gasteiger partial charge in [0.05, 0.1) is 38.1 Å². The second kappa shape index (κ2) is 9.16. The molecule has 0 saturated heterocycles. The third-order valence-corrected chi connectivity index (χ3v) is 7.72. The first-order valence-electron chi connectivity index (χ1n) is 12.0. The van der Waals surface area contributed by atoms with Crippen LogP contribution < -0.4 is 19.5 Å². The van der Waals surface area contributed by atoms with Crippen molar-refractivity contribution in [3.63, 3.8) is 0 Å². The average molecular weight is 461 g/mol. The van der Waals surface area contributed by atoms with Crippen LogP contribution >= 0.6 is 0 Å². The molecule has 4 atom stereocenters. The minimum Gasteiger partial charge on any atom is -0.493 e. The molecule has 1 N–H and O–H groups in total. The number of carbonyl (C=O) groups is 1. The molecule has 2 aromatic carbocycles. The largest absolute Gasteiger partial charge is 0.493 e. The van der Waals surface area contributed by atoms with Crippen LogP contribution in [0, 0.1) is 17.8 Å². The topological polar surface area (TPSA) is 69.7 Å². The van der Waals surface area contributed by atoms with E-state index in [-0.39, 0.29) is 11.9 Å². The van der Waals surface area contributed by atoms with Gasteiger partial charge in [0.1, 0.15) is 0 Å². The number of nitrogens with one attached hydrogen (secondary N) is 1. The molecule has 0 aliphatic heterocycles. The lowest BCUT2D eigenvalue weighted by molar-refractivity contribution is 0.0917. The Bertz CT molecular complexity index is 1200. The number of hydrogen-bond acceptors (Lipinski definition) is 5. The highest BCUT2D eigenvalue weighted by atomic mass is 16.5. The Hall–Kier alpha value is -3.28. The lowest BCUT2D eigenvalue weighted by atomic mass is 9.84. The molecular formula is C28H32N2O4. The van der Waals surface area contributed by atoms with Gasteiger partial charge in [-0.1, -0.05) is 24.6 Å². The summed E-state index contributed by atoms with van der Waals surface area (Å²) in [6, 6.07) is 13.5. The van der Waals surface area contributed by atoms with Crippen molar-refractivity contribution in [1.29, 1.82) is 0 Å². The number of aromatic nitrogens is 1. The average Bonchev–Trinajstić information content (AvgIpc) is 3.51. The van der Waals surface area contributed by atoms with E-state index in [0.29, 0.717) is 34.4 Å². The number of carbonyl (C=O) groups excluding carboxylic acids is 1. The van der Waals surface area contributed by atoms with Crippen LogP contribution in [0.5, 0.6) is 17.2 Å². The van der Waals surface area contributed by atoms with E-state index in [1.165, 1.54) is 25.7 Å². The Morgan fingerprint density at radius 1 is 1.00 bits per heavy atom. The number of pyridine rings is 1. The summed E-state index contributed by atoms with van der Waals surface area (Å²) in [6.07, 6.45) is 5.22. The van der Waals surface area contributed by atoms with Crippen LogP contribution in [0.2, 0.25) is 0 Å². The maximum atomic E-state index is 13.6. The Morgan fingerprint density at radius 3 is 2.35 bits per heavy atom. The van der Waals surface area contributed by atoms with Crippen molar-refractivity contribution in [1.82, 2.24) is 10.3 Å². The monoisotopic (exact) mass is 460 g/mol. The number of nitrogens with zero attached hydrogens (tertiary/aromatic N) is 1. The first-order valence-corrected chi connectivity index (χ1v) is 12.0. The normalized spacial score (nSPS) is 21.9. The molecular weight excluding hydrogens is 428 g/mol. The van der Waals surface area contributed by atoms with E-state index >= 15 is 0 Å². The number of rotatable bonds is 7. The van der Waals surface area contributed by atoms with Gasteiger partial charge in [-0.05, 0) is 68.2 Å². The summed E-state index contributed by atoms with van der Waals surface area (Å²) in [5.74, 6) is 3.73. The molecule has 1 aromatic heterocycles. The SMILES string of the molecule is COc1cc(-c2cc(C(=O)N[C@@H](C)[C@@H]3C[C@H]4CC[C@H]3C4)c3ccccc3n2)cc(OC)c1OC. The summed E-state index contributed by atoms with van der Waals surface area (Å²) in [6.45, 7) is 2.16. The number of fused-ring (bicyclic) bond motifs is 3. The second-order valence-electron chi connectivity index (χ2n) is 9.59. The Labute approximate surface area is 200 Å². The third-order valence-electron chi connectivity index (χ3n) is 7.72. The van der Waals surface area contributed by atoms with Crippen LogP contribution in [-0.2, 0) is 0 Å². The summed E-state index contributed by atoms with van der Waals surface area (Å²) >= 11 is 0. The molecule has 2 fully saturated rings. The van der Waals surface area contributed by atoms with Gasteiger partial charge in [-0.2, -0.15) is 0 Å². The Morgan fingerprint density at radius 2 is 1.74 bits per heavy atom. The minimum atomic E-state index is -0.0532. The van der Waals surface area contributed by atoms with Crippen molar-refractivity contribution in [2.45, 2.75) is 38.6 Å². The van der Waals surface area contributed by atoms with Crippen LogP contribution in [0.1, 0.15) is 43.0 Å². The lowest BCUT2D eigenvalue weighted by Crippen LogP contribution is -2.40. The van der Waals surface area contributed by atoms with Crippen LogP contribution in [-0.4, -0.2) is 38.3 Å². The van der Waals surface area contributed by atoms with Gasteiger partial charge in [-0.15, -0.1) is 0 Å². The number of hydrogen-bond donors (Lipinski definition) is 1. The van der Waals surface area contributed by atoms with Crippen molar-refractivity contribution in [2.75, 3.05) is 21.3 Å². The maximum Gasteiger partial charge on any atom is 0.252 e. The van der Waals surface area contributed by atoms with Crippen molar-refractivity contribution >= 4 is 16.8 Å². The van der Waals surface area contributed by atoms with Crippen LogP contribution in [0.4, 0.5) is 0 Å². The lowest BCUT2D eigenvalue weighted by Gasteiger charge is -2.28. The zero-order valence-corrected chi connectivity index (χ0v) is 20.3. The molecule has 2 aliphatic carbocycles. The second-order valence-corrected chi connectivity index (χ2v) is 9.59. The van der Waals surface area contributed by atoms with Crippen molar-refractivity contribution in [3.8, 4) is 28.5 Å². The van der Waals surface area contributed by atoms with E-state index in [1.54, 1.807) is 21.3 Å². The maximum absolute atomic E-state index is 13.6. The molecule has 2 aliphatic rings. The van der Waals surface area contributed by atoms with Gasteiger partial charge >= 0.3 is 0 Å². The van der Waals surface area contributed by atoms with E-state index < -0.39 is 0 Å². The molecule has 34 heavy (non-hydrogen) atoms. The molecule has 1 amide bonds. The molecule has 0 radical (unpaired) electrons. The highest BCUT2D eigenvalue weighted by Crippen LogP contribution is 2.49. The Balaban J connectivity index is 1.53. The summed E-state index contributed by atoms with van der Waals surface area (Å²) in [7, 11) is 4.75. The molecule has 5 rings (SSSR count). The highest BCUT2D eigenvalue weighted by molar-refractivity contribution is 6.07. The van der Waals surface area contributed by atoms with Gasteiger partial charge in [0.25, 0.3) is 5.91 Å². The van der Waals surface area contributed by atoms with Gasteiger partial charge in [0.15, 0.2) is 11.5 Å². The molecule has 2 saturated carbocycles. The number of amides is 1. The highest BCUT2D eigenvalue weighted by Gasteiger charge is 2.42. The molecule has 0 spiro atoms. The fraction of sp³-hybridized carbons (Fsp3) is 0.429. The van der Waals surface area contributed by atoms with E-state index in [2.05, 4.69) is 12.2 Å². The molecule has 178 valence electrons. The molecule has 0 unspecified atom stereocenters. The van der Waals surface area contributed by atoms with Crippen molar-refractivity contribution in [2.24, 2.45) is 17.8 Å². The number of methoxy groups -OCH3 is 3. The molecule has 6 nitrogen and oxygen atoms in total. The minimum absolute atomic E-state index is 0.0532. The fourth-order valence-corrected chi connectivity index (χ4v) is 6.04. The summed E-state index contributed by atoms with van der Waals surface area (Å²) in [5.41, 5.74) is 2.86. The quantitative estimate of drug-likeness (QED) is 0.505. The van der Waals surface area contributed by atoms with E-state index in [0.717, 1.165) is 28.3 Å². The first-order chi connectivity index (χ1) is 16.5. The Kier molecular flexibility index (Phi) is 6.07. The standard InChI is InChI=1S/C28H32N2O4/c1-16(21-12-17-9-10-18(21)11-17)29-28(31)22-15-24(30-23-8-6-5-7-20(22)23)19-13-25(32-2)27(34-4)26(14-19)33-3/h5-8,13-18,21H,9-12H2,1-4H3,(H,29,31)/t16-,17-,18-,21-/m0/s1. The van der Waals surface area contributed by atoms with Gasteiger partial charge < -0.3 is 19.5 Å². The summed E-state index contributed by atoms with van der Waals surface area (Å²) in [5, 5.41) is 4.16. The smallest absolute Gasteiger partial charge is 0.252 e.